The molecule has 0 fully saturated rings. The largest absolute Gasteiger partial charge is 0.496 e. The van der Waals surface area contributed by atoms with Crippen LogP contribution in [0.4, 0.5) is 0 Å². The van der Waals surface area contributed by atoms with Gasteiger partial charge in [0.2, 0.25) is 10.0 Å². The van der Waals surface area contributed by atoms with Crippen molar-refractivity contribution in [2.24, 2.45) is 0 Å². The molecule has 0 bridgehead atoms. The van der Waals surface area contributed by atoms with Gasteiger partial charge in [-0.25, -0.2) is 13.1 Å². The Bertz CT molecular complexity index is 454. The molecule has 0 saturated carbocycles. The van der Waals surface area contributed by atoms with Crippen molar-refractivity contribution in [1.29, 1.82) is 0 Å². The van der Waals surface area contributed by atoms with E-state index in [2.05, 4.69) is 11.6 Å². The second-order valence-electron chi connectivity index (χ2n) is 3.59. The molecule has 1 aromatic carbocycles. The normalized spacial score (nSPS) is 11.4. The zero-order chi connectivity index (χ0) is 12.2. The summed E-state index contributed by atoms with van der Waals surface area (Å²) >= 11 is 0. The first-order valence-electron chi connectivity index (χ1n) is 5.06. The minimum atomic E-state index is -3.17. The van der Waals surface area contributed by atoms with Crippen molar-refractivity contribution in [3.63, 3.8) is 0 Å². The molecule has 16 heavy (non-hydrogen) atoms. The van der Waals surface area contributed by atoms with Crippen LogP contribution in [-0.4, -0.2) is 21.8 Å². The van der Waals surface area contributed by atoms with Crippen molar-refractivity contribution >= 4 is 10.0 Å². The van der Waals surface area contributed by atoms with Gasteiger partial charge in [-0.05, 0) is 18.1 Å². The fourth-order valence-corrected chi connectivity index (χ4v) is 1.82. The molecule has 1 N–H and O–H groups in total. The first kappa shape index (κ1) is 13.0. The summed E-state index contributed by atoms with van der Waals surface area (Å²) in [6, 6.07) is 5.79. The van der Waals surface area contributed by atoms with E-state index in [1.165, 1.54) is 0 Å². The van der Waals surface area contributed by atoms with Crippen LogP contribution in [-0.2, 0) is 23.0 Å². The molecular weight excluding hydrogens is 226 g/mol. The van der Waals surface area contributed by atoms with Gasteiger partial charge in [-0.3, -0.25) is 0 Å². The SMILES string of the molecule is CCc1ccc(OC)c(CNS(C)(=O)=O)c1. The molecule has 90 valence electrons. The molecule has 0 aromatic heterocycles. The topological polar surface area (TPSA) is 55.4 Å². The molecule has 1 aromatic rings. The highest BCUT2D eigenvalue weighted by molar-refractivity contribution is 7.88. The number of aryl methyl sites for hydroxylation is 1. The predicted octanol–water partition coefficient (Wildman–Crippen LogP) is 1.31. The number of rotatable bonds is 5. The van der Waals surface area contributed by atoms with Crippen molar-refractivity contribution in [2.45, 2.75) is 19.9 Å². The molecule has 0 saturated heterocycles. The monoisotopic (exact) mass is 243 g/mol. The number of sulfonamides is 1. The molecule has 0 amide bonds. The molecule has 0 radical (unpaired) electrons. The summed E-state index contributed by atoms with van der Waals surface area (Å²) in [7, 11) is -1.60. The van der Waals surface area contributed by atoms with Gasteiger partial charge in [-0.2, -0.15) is 0 Å². The average Bonchev–Trinajstić information content (AvgIpc) is 2.25. The Kier molecular flexibility index (Phi) is 4.32. The van der Waals surface area contributed by atoms with Gasteiger partial charge in [-0.1, -0.05) is 19.1 Å². The van der Waals surface area contributed by atoms with E-state index in [1.807, 2.05) is 18.2 Å². The molecule has 0 aliphatic carbocycles. The lowest BCUT2D eigenvalue weighted by molar-refractivity contribution is 0.409. The van der Waals surface area contributed by atoms with Crippen LogP contribution in [0.2, 0.25) is 0 Å². The van der Waals surface area contributed by atoms with E-state index in [1.54, 1.807) is 7.11 Å². The van der Waals surface area contributed by atoms with Gasteiger partial charge < -0.3 is 4.74 Å². The lowest BCUT2D eigenvalue weighted by atomic mass is 10.1. The van der Waals surface area contributed by atoms with Crippen LogP contribution in [0.15, 0.2) is 18.2 Å². The molecule has 0 aliphatic heterocycles. The Morgan fingerprint density at radius 3 is 2.56 bits per heavy atom. The number of methoxy groups -OCH3 is 1. The Morgan fingerprint density at radius 2 is 2.06 bits per heavy atom. The third-order valence-electron chi connectivity index (χ3n) is 2.28. The third-order valence-corrected chi connectivity index (χ3v) is 2.95. The van der Waals surface area contributed by atoms with Gasteiger partial charge in [0, 0.05) is 12.1 Å². The Hall–Kier alpha value is -1.07. The number of benzene rings is 1. The van der Waals surface area contributed by atoms with Gasteiger partial charge in [0.25, 0.3) is 0 Å². The highest BCUT2D eigenvalue weighted by Crippen LogP contribution is 2.20. The van der Waals surface area contributed by atoms with Crippen molar-refractivity contribution < 1.29 is 13.2 Å². The van der Waals surface area contributed by atoms with E-state index in [-0.39, 0.29) is 6.54 Å². The van der Waals surface area contributed by atoms with E-state index >= 15 is 0 Å². The summed E-state index contributed by atoms with van der Waals surface area (Å²) in [6.07, 6.45) is 2.05. The van der Waals surface area contributed by atoms with Crippen LogP contribution in [0.25, 0.3) is 0 Å². The van der Waals surface area contributed by atoms with E-state index in [4.69, 9.17) is 4.74 Å². The molecule has 5 heteroatoms. The summed E-state index contributed by atoms with van der Waals surface area (Å²) in [5.74, 6) is 0.702. The van der Waals surface area contributed by atoms with E-state index in [0.29, 0.717) is 5.75 Å². The summed E-state index contributed by atoms with van der Waals surface area (Å²) in [5.41, 5.74) is 2.01. The summed E-state index contributed by atoms with van der Waals surface area (Å²) in [5, 5.41) is 0. The number of ether oxygens (including phenoxy) is 1. The fraction of sp³-hybridized carbons (Fsp3) is 0.455. The van der Waals surface area contributed by atoms with E-state index in [9.17, 15) is 8.42 Å². The molecule has 4 nitrogen and oxygen atoms in total. The minimum absolute atomic E-state index is 0.260. The van der Waals surface area contributed by atoms with E-state index in [0.717, 1.165) is 23.8 Å². The maximum absolute atomic E-state index is 11.0. The van der Waals surface area contributed by atoms with Crippen LogP contribution in [0, 0.1) is 0 Å². The lowest BCUT2D eigenvalue weighted by Crippen LogP contribution is -2.21. The van der Waals surface area contributed by atoms with Crippen LogP contribution in [0.5, 0.6) is 5.75 Å². The maximum Gasteiger partial charge on any atom is 0.209 e. The Balaban J connectivity index is 2.91. The fourth-order valence-electron chi connectivity index (χ4n) is 1.40. The summed E-state index contributed by atoms with van der Waals surface area (Å²) in [4.78, 5) is 0. The zero-order valence-corrected chi connectivity index (χ0v) is 10.6. The van der Waals surface area contributed by atoms with Crippen LogP contribution in [0.3, 0.4) is 0 Å². The molecule has 0 spiro atoms. The highest BCUT2D eigenvalue weighted by atomic mass is 32.2. The Labute approximate surface area is 96.7 Å². The summed E-state index contributed by atoms with van der Waals surface area (Å²) < 4.78 is 29.6. The number of hydrogen-bond acceptors (Lipinski definition) is 3. The third kappa shape index (κ3) is 3.83. The standard InChI is InChI=1S/C11H17NO3S/c1-4-9-5-6-11(15-2)10(7-9)8-12-16(3,13)14/h5-7,12H,4,8H2,1-3H3. The lowest BCUT2D eigenvalue weighted by Gasteiger charge is -2.10. The van der Waals surface area contributed by atoms with Crippen LogP contribution >= 0.6 is 0 Å². The summed E-state index contributed by atoms with van der Waals surface area (Å²) in [6.45, 7) is 2.31. The second kappa shape index (κ2) is 5.32. The maximum atomic E-state index is 11.0. The molecule has 0 atom stereocenters. The van der Waals surface area contributed by atoms with Gasteiger partial charge in [-0.15, -0.1) is 0 Å². The van der Waals surface area contributed by atoms with Gasteiger partial charge in [0.05, 0.1) is 13.4 Å². The predicted molar refractivity (Wildman–Crippen MR) is 64.1 cm³/mol. The number of nitrogens with one attached hydrogen (secondary N) is 1. The molecule has 1 rings (SSSR count). The van der Waals surface area contributed by atoms with E-state index < -0.39 is 10.0 Å². The van der Waals surface area contributed by atoms with Crippen molar-refractivity contribution in [2.75, 3.05) is 13.4 Å². The van der Waals surface area contributed by atoms with Crippen molar-refractivity contribution in [3.8, 4) is 5.75 Å². The van der Waals surface area contributed by atoms with Crippen LogP contribution in [0.1, 0.15) is 18.1 Å². The molecule has 0 unspecified atom stereocenters. The first-order valence-corrected chi connectivity index (χ1v) is 6.96. The van der Waals surface area contributed by atoms with Crippen LogP contribution < -0.4 is 9.46 Å². The van der Waals surface area contributed by atoms with Gasteiger partial charge in [0.15, 0.2) is 0 Å². The number of hydrogen-bond donors (Lipinski definition) is 1. The van der Waals surface area contributed by atoms with Gasteiger partial charge in [0.1, 0.15) is 5.75 Å². The quantitative estimate of drug-likeness (QED) is 0.848. The molecule has 0 aliphatic rings. The minimum Gasteiger partial charge on any atom is -0.496 e. The molecular formula is C11H17NO3S. The average molecular weight is 243 g/mol. The zero-order valence-electron chi connectivity index (χ0n) is 9.78. The van der Waals surface area contributed by atoms with Crippen molar-refractivity contribution in [3.05, 3.63) is 29.3 Å². The molecule has 0 heterocycles. The van der Waals surface area contributed by atoms with Gasteiger partial charge >= 0.3 is 0 Å². The second-order valence-corrected chi connectivity index (χ2v) is 5.43. The highest BCUT2D eigenvalue weighted by Gasteiger charge is 2.06. The van der Waals surface area contributed by atoms with Crippen molar-refractivity contribution in [1.82, 2.24) is 4.72 Å². The smallest absolute Gasteiger partial charge is 0.209 e. The first-order chi connectivity index (χ1) is 7.46. The Morgan fingerprint density at radius 1 is 1.38 bits per heavy atom.